The van der Waals surface area contributed by atoms with Gasteiger partial charge in [-0.05, 0) is 66.3 Å². The van der Waals surface area contributed by atoms with Crippen LogP contribution in [0.1, 0.15) is 23.1 Å². The highest BCUT2D eigenvalue weighted by Gasteiger charge is 2.11. The Bertz CT molecular complexity index is 589. The summed E-state index contributed by atoms with van der Waals surface area (Å²) in [6, 6.07) is 11.4. The molecule has 0 radical (unpaired) electrons. The number of hydrogen-bond donors (Lipinski definition) is 1. The summed E-state index contributed by atoms with van der Waals surface area (Å²) in [5.41, 5.74) is 10.0. The number of benzene rings is 2. The average Bonchev–Trinajstić information content (AvgIpc) is 2.82. The van der Waals surface area contributed by atoms with E-state index in [9.17, 15) is 4.39 Å². The summed E-state index contributed by atoms with van der Waals surface area (Å²) in [5, 5.41) is 0. The third kappa shape index (κ3) is 2.92. The molecule has 0 aromatic heterocycles. The molecular formula is C16H16FNS. The smallest absolute Gasteiger partial charge is 0.125 e. The van der Waals surface area contributed by atoms with Crippen molar-refractivity contribution in [3.63, 3.8) is 0 Å². The van der Waals surface area contributed by atoms with Crippen LogP contribution in [-0.2, 0) is 18.6 Å². The van der Waals surface area contributed by atoms with Gasteiger partial charge in [-0.15, -0.1) is 11.8 Å². The first kappa shape index (κ1) is 12.5. The van der Waals surface area contributed by atoms with Gasteiger partial charge >= 0.3 is 0 Å². The summed E-state index contributed by atoms with van der Waals surface area (Å²) in [4.78, 5) is 1.25. The van der Waals surface area contributed by atoms with E-state index in [1.807, 2.05) is 6.07 Å². The Morgan fingerprint density at radius 1 is 1.05 bits per heavy atom. The molecule has 0 aliphatic heterocycles. The average molecular weight is 273 g/mol. The number of halogens is 1. The van der Waals surface area contributed by atoms with Crippen LogP contribution in [0, 0.1) is 5.82 Å². The van der Waals surface area contributed by atoms with Crippen LogP contribution < -0.4 is 5.73 Å². The lowest BCUT2D eigenvalue weighted by atomic mass is 10.1. The van der Waals surface area contributed by atoms with Crippen LogP contribution in [0.2, 0.25) is 0 Å². The number of thioether (sulfide) groups is 1. The SMILES string of the molecule is Nc1cc(F)cc(CSc2ccc3c(c2)CCC3)c1. The Morgan fingerprint density at radius 3 is 2.74 bits per heavy atom. The Hall–Kier alpha value is -1.48. The molecule has 0 heterocycles. The minimum atomic E-state index is -0.260. The molecule has 1 aliphatic carbocycles. The maximum Gasteiger partial charge on any atom is 0.125 e. The second-order valence-electron chi connectivity index (χ2n) is 4.97. The predicted octanol–water partition coefficient (Wildman–Crippen LogP) is 4.19. The molecule has 98 valence electrons. The molecule has 3 heteroatoms. The van der Waals surface area contributed by atoms with Gasteiger partial charge in [-0.25, -0.2) is 4.39 Å². The van der Waals surface area contributed by atoms with Gasteiger partial charge in [0, 0.05) is 16.3 Å². The molecule has 2 aromatic rings. The summed E-state index contributed by atoms with van der Waals surface area (Å²) in [5.74, 6) is 0.491. The number of rotatable bonds is 3. The molecule has 0 unspecified atom stereocenters. The maximum atomic E-state index is 13.2. The number of nitrogens with two attached hydrogens (primary N) is 1. The van der Waals surface area contributed by atoms with E-state index >= 15 is 0 Å². The van der Waals surface area contributed by atoms with E-state index in [-0.39, 0.29) is 5.82 Å². The minimum Gasteiger partial charge on any atom is -0.399 e. The highest BCUT2D eigenvalue weighted by atomic mass is 32.2. The summed E-state index contributed by atoms with van der Waals surface area (Å²) < 4.78 is 13.2. The molecule has 19 heavy (non-hydrogen) atoms. The van der Waals surface area contributed by atoms with Crippen LogP contribution in [0.4, 0.5) is 10.1 Å². The van der Waals surface area contributed by atoms with Gasteiger partial charge in [-0.2, -0.15) is 0 Å². The van der Waals surface area contributed by atoms with Crippen LogP contribution >= 0.6 is 11.8 Å². The number of hydrogen-bond acceptors (Lipinski definition) is 2. The second-order valence-corrected chi connectivity index (χ2v) is 6.01. The first-order valence-corrected chi connectivity index (χ1v) is 7.49. The number of anilines is 1. The first-order valence-electron chi connectivity index (χ1n) is 6.50. The van der Waals surface area contributed by atoms with Crippen LogP contribution in [0.5, 0.6) is 0 Å². The normalized spacial score (nSPS) is 13.5. The lowest BCUT2D eigenvalue weighted by molar-refractivity contribution is 0.627. The quantitative estimate of drug-likeness (QED) is 0.670. The topological polar surface area (TPSA) is 26.0 Å². The Kier molecular flexibility index (Phi) is 3.47. The molecule has 0 saturated heterocycles. The molecule has 1 nitrogen and oxygen atoms in total. The van der Waals surface area contributed by atoms with Gasteiger partial charge < -0.3 is 5.73 Å². The van der Waals surface area contributed by atoms with Gasteiger partial charge in [0.2, 0.25) is 0 Å². The van der Waals surface area contributed by atoms with Crippen molar-refractivity contribution in [1.82, 2.24) is 0 Å². The minimum absolute atomic E-state index is 0.260. The van der Waals surface area contributed by atoms with Gasteiger partial charge in [0.1, 0.15) is 5.82 Å². The summed E-state index contributed by atoms with van der Waals surface area (Å²) >= 11 is 1.73. The largest absolute Gasteiger partial charge is 0.399 e. The third-order valence-corrected chi connectivity index (χ3v) is 4.52. The molecule has 0 fully saturated rings. The monoisotopic (exact) mass is 273 g/mol. The number of aryl methyl sites for hydroxylation is 2. The van der Waals surface area contributed by atoms with Gasteiger partial charge in [0.25, 0.3) is 0 Å². The molecule has 0 bridgehead atoms. The standard InChI is InChI=1S/C16H16FNS/c17-14-6-11(7-15(18)9-14)10-19-16-5-4-12-2-1-3-13(12)8-16/h4-9H,1-3,10,18H2. The Labute approximate surface area is 117 Å². The fraction of sp³-hybridized carbons (Fsp3) is 0.250. The van der Waals surface area contributed by atoms with E-state index in [0.717, 1.165) is 11.3 Å². The van der Waals surface area contributed by atoms with Crippen LogP contribution in [-0.4, -0.2) is 0 Å². The summed E-state index contributed by atoms with van der Waals surface area (Å²) in [7, 11) is 0. The third-order valence-electron chi connectivity index (χ3n) is 3.46. The predicted molar refractivity (Wildman–Crippen MR) is 78.8 cm³/mol. The lowest BCUT2D eigenvalue weighted by Crippen LogP contribution is -1.90. The molecular weight excluding hydrogens is 257 g/mol. The van der Waals surface area contributed by atoms with Crippen molar-refractivity contribution >= 4 is 17.4 Å². The van der Waals surface area contributed by atoms with Gasteiger partial charge in [0.05, 0.1) is 0 Å². The molecule has 0 amide bonds. The Morgan fingerprint density at radius 2 is 1.89 bits per heavy atom. The number of nitrogen functional groups attached to an aromatic ring is 1. The van der Waals surface area contributed by atoms with E-state index in [1.165, 1.54) is 41.4 Å². The molecule has 3 rings (SSSR count). The zero-order valence-corrected chi connectivity index (χ0v) is 11.5. The first-order chi connectivity index (χ1) is 9.20. The zero-order valence-electron chi connectivity index (χ0n) is 10.7. The summed E-state index contributed by atoms with van der Waals surface area (Å²) in [6.45, 7) is 0. The van der Waals surface area contributed by atoms with Crippen molar-refractivity contribution in [3.8, 4) is 0 Å². The van der Waals surface area contributed by atoms with Crippen molar-refractivity contribution in [2.24, 2.45) is 0 Å². The second kappa shape index (κ2) is 5.25. The van der Waals surface area contributed by atoms with E-state index in [4.69, 9.17) is 5.73 Å². The van der Waals surface area contributed by atoms with Crippen molar-refractivity contribution in [1.29, 1.82) is 0 Å². The van der Waals surface area contributed by atoms with Gasteiger partial charge in [0.15, 0.2) is 0 Å². The Balaban J connectivity index is 1.72. The highest BCUT2D eigenvalue weighted by Crippen LogP contribution is 2.29. The van der Waals surface area contributed by atoms with Crippen LogP contribution in [0.3, 0.4) is 0 Å². The summed E-state index contributed by atoms with van der Waals surface area (Å²) in [6.07, 6.45) is 3.67. The molecule has 2 aromatic carbocycles. The molecule has 2 N–H and O–H groups in total. The van der Waals surface area contributed by atoms with Crippen LogP contribution in [0.25, 0.3) is 0 Å². The lowest BCUT2D eigenvalue weighted by Gasteiger charge is -2.06. The van der Waals surface area contributed by atoms with E-state index < -0.39 is 0 Å². The highest BCUT2D eigenvalue weighted by molar-refractivity contribution is 7.98. The van der Waals surface area contributed by atoms with Crippen molar-refractivity contribution in [2.45, 2.75) is 29.9 Å². The van der Waals surface area contributed by atoms with Crippen LogP contribution in [0.15, 0.2) is 41.3 Å². The molecule has 0 atom stereocenters. The molecule has 0 spiro atoms. The van der Waals surface area contributed by atoms with Crippen molar-refractivity contribution in [3.05, 3.63) is 58.9 Å². The van der Waals surface area contributed by atoms with Crippen molar-refractivity contribution < 1.29 is 4.39 Å². The number of fused-ring (bicyclic) bond motifs is 1. The zero-order chi connectivity index (χ0) is 13.2. The van der Waals surface area contributed by atoms with Gasteiger partial charge in [-0.3, -0.25) is 0 Å². The molecule has 0 saturated carbocycles. The van der Waals surface area contributed by atoms with E-state index in [1.54, 1.807) is 17.8 Å². The maximum absolute atomic E-state index is 13.2. The van der Waals surface area contributed by atoms with Crippen molar-refractivity contribution in [2.75, 3.05) is 5.73 Å². The molecule has 1 aliphatic rings. The fourth-order valence-corrected chi connectivity index (χ4v) is 3.45. The van der Waals surface area contributed by atoms with Gasteiger partial charge in [-0.1, -0.05) is 6.07 Å². The fourth-order valence-electron chi connectivity index (χ4n) is 2.56. The van der Waals surface area contributed by atoms with E-state index in [2.05, 4.69) is 18.2 Å². The van der Waals surface area contributed by atoms with E-state index in [0.29, 0.717) is 5.69 Å².